The molecule has 2 aromatic carbocycles. The number of tetrazole rings is 1. The summed E-state index contributed by atoms with van der Waals surface area (Å²) < 4.78 is 15.7. The van der Waals surface area contributed by atoms with Crippen molar-refractivity contribution in [1.82, 2.24) is 25.1 Å². The summed E-state index contributed by atoms with van der Waals surface area (Å²) in [6.45, 7) is 1.77. The largest absolute Gasteiger partial charge is 0.285 e. The van der Waals surface area contributed by atoms with Crippen molar-refractivity contribution in [2.45, 2.75) is 57.2 Å². The van der Waals surface area contributed by atoms with Gasteiger partial charge >= 0.3 is 0 Å². The third kappa shape index (κ3) is 3.69. The van der Waals surface area contributed by atoms with E-state index in [1.165, 1.54) is 42.5 Å². The van der Waals surface area contributed by atoms with Gasteiger partial charge in [0.1, 0.15) is 5.82 Å². The van der Waals surface area contributed by atoms with E-state index in [-0.39, 0.29) is 11.9 Å². The molecule has 1 aromatic heterocycles. The lowest BCUT2D eigenvalue weighted by atomic mass is 9.94. The summed E-state index contributed by atoms with van der Waals surface area (Å²) in [4.78, 5) is 2.43. The molecule has 1 saturated carbocycles. The fraction of sp³-hybridized carbons (Fsp3) is 0.435. The molecule has 2 aliphatic rings. The van der Waals surface area contributed by atoms with Gasteiger partial charge in [0.05, 0.1) is 12.1 Å². The first-order valence-corrected chi connectivity index (χ1v) is 10.6. The molecule has 0 spiro atoms. The highest BCUT2D eigenvalue weighted by Crippen LogP contribution is 2.35. The predicted molar refractivity (Wildman–Crippen MR) is 109 cm³/mol. The van der Waals surface area contributed by atoms with Gasteiger partial charge in [0, 0.05) is 13.1 Å². The standard InChI is InChI=1S/C23H26FN5/c24-20-12-10-18(11-13-20)22(28-15-14-17-6-4-5-7-19(17)16-28)23-25-26-27-29(23)21-8-2-1-3-9-21/h4-7,10-13,21-22H,1-3,8-9,14-16H2/t22-/m0/s1. The van der Waals surface area contributed by atoms with Gasteiger partial charge in [0.25, 0.3) is 0 Å². The number of rotatable bonds is 4. The third-order valence-corrected chi connectivity index (χ3v) is 6.39. The van der Waals surface area contributed by atoms with Crippen molar-refractivity contribution in [1.29, 1.82) is 0 Å². The second kappa shape index (κ2) is 8.03. The van der Waals surface area contributed by atoms with Crippen LogP contribution in [0.3, 0.4) is 0 Å². The molecule has 1 atom stereocenters. The Balaban J connectivity index is 1.54. The molecule has 0 unspecified atom stereocenters. The summed E-state index contributed by atoms with van der Waals surface area (Å²) in [5.74, 6) is 0.659. The Hall–Kier alpha value is -2.60. The van der Waals surface area contributed by atoms with Gasteiger partial charge in [-0.15, -0.1) is 5.10 Å². The number of hydrogen-bond donors (Lipinski definition) is 0. The van der Waals surface area contributed by atoms with Crippen LogP contribution in [0.1, 0.15) is 66.7 Å². The van der Waals surface area contributed by atoms with Crippen molar-refractivity contribution in [3.8, 4) is 0 Å². The molecule has 5 nitrogen and oxygen atoms in total. The average molecular weight is 391 g/mol. The first kappa shape index (κ1) is 18.4. The molecule has 29 heavy (non-hydrogen) atoms. The van der Waals surface area contributed by atoms with Crippen LogP contribution in [0, 0.1) is 5.82 Å². The second-order valence-corrected chi connectivity index (χ2v) is 8.22. The van der Waals surface area contributed by atoms with E-state index >= 15 is 0 Å². The van der Waals surface area contributed by atoms with Gasteiger partial charge in [0.15, 0.2) is 5.82 Å². The molecule has 2 heterocycles. The molecule has 6 heteroatoms. The molecule has 0 bridgehead atoms. The van der Waals surface area contributed by atoms with Crippen LogP contribution in [0.25, 0.3) is 0 Å². The summed E-state index contributed by atoms with van der Waals surface area (Å²) in [6, 6.07) is 15.7. The van der Waals surface area contributed by atoms with Crippen molar-refractivity contribution in [3.05, 3.63) is 76.9 Å². The molecule has 0 N–H and O–H groups in total. The SMILES string of the molecule is Fc1ccc([C@@H](c2nnnn2C2CCCCC2)N2CCc3ccccc3C2)cc1. The molecular formula is C23H26FN5. The molecular weight excluding hydrogens is 365 g/mol. The molecule has 5 rings (SSSR count). The molecule has 150 valence electrons. The van der Waals surface area contributed by atoms with E-state index in [0.717, 1.165) is 43.7 Å². The van der Waals surface area contributed by atoms with Gasteiger partial charge in [0.2, 0.25) is 0 Å². The maximum Gasteiger partial charge on any atom is 0.173 e. The van der Waals surface area contributed by atoms with Gasteiger partial charge in [-0.3, -0.25) is 4.90 Å². The van der Waals surface area contributed by atoms with Crippen LogP contribution in [0.15, 0.2) is 48.5 Å². The first-order chi connectivity index (χ1) is 14.3. The maximum atomic E-state index is 13.6. The second-order valence-electron chi connectivity index (χ2n) is 8.22. The van der Waals surface area contributed by atoms with Gasteiger partial charge in [-0.25, -0.2) is 9.07 Å². The summed E-state index contributed by atoms with van der Waals surface area (Å²) in [5, 5.41) is 12.9. The Morgan fingerprint density at radius 1 is 0.931 bits per heavy atom. The number of halogens is 1. The fourth-order valence-corrected chi connectivity index (χ4v) is 4.87. The Morgan fingerprint density at radius 3 is 2.48 bits per heavy atom. The smallest absolute Gasteiger partial charge is 0.173 e. The Labute approximate surface area is 170 Å². The van der Waals surface area contributed by atoms with Crippen molar-refractivity contribution in [2.24, 2.45) is 0 Å². The van der Waals surface area contributed by atoms with Gasteiger partial charge in [-0.05, 0) is 58.5 Å². The minimum atomic E-state index is -0.219. The molecule has 0 radical (unpaired) electrons. The highest BCUT2D eigenvalue weighted by molar-refractivity contribution is 5.32. The van der Waals surface area contributed by atoms with Crippen molar-refractivity contribution < 1.29 is 4.39 Å². The highest BCUT2D eigenvalue weighted by atomic mass is 19.1. The summed E-state index contributed by atoms with van der Waals surface area (Å²) in [7, 11) is 0. The van der Waals surface area contributed by atoms with E-state index in [9.17, 15) is 4.39 Å². The van der Waals surface area contributed by atoms with E-state index in [1.54, 1.807) is 0 Å². The van der Waals surface area contributed by atoms with E-state index in [1.807, 2.05) is 16.8 Å². The summed E-state index contributed by atoms with van der Waals surface area (Å²) in [6.07, 6.45) is 6.98. The van der Waals surface area contributed by atoms with Crippen LogP contribution in [0.5, 0.6) is 0 Å². The number of benzene rings is 2. The minimum Gasteiger partial charge on any atom is -0.285 e. The van der Waals surface area contributed by atoms with Crippen LogP contribution in [-0.4, -0.2) is 31.7 Å². The highest BCUT2D eigenvalue weighted by Gasteiger charge is 2.32. The van der Waals surface area contributed by atoms with Crippen LogP contribution in [0.4, 0.5) is 4.39 Å². The van der Waals surface area contributed by atoms with E-state index < -0.39 is 0 Å². The predicted octanol–water partition coefficient (Wildman–Crippen LogP) is 4.47. The Bertz CT molecular complexity index is 961. The van der Waals surface area contributed by atoms with E-state index in [2.05, 4.69) is 44.7 Å². The van der Waals surface area contributed by atoms with Gasteiger partial charge < -0.3 is 0 Å². The van der Waals surface area contributed by atoms with E-state index in [4.69, 9.17) is 0 Å². The zero-order valence-electron chi connectivity index (χ0n) is 16.5. The number of nitrogens with zero attached hydrogens (tertiary/aromatic N) is 5. The number of fused-ring (bicyclic) bond motifs is 1. The topological polar surface area (TPSA) is 46.8 Å². The molecule has 1 fully saturated rings. The fourth-order valence-electron chi connectivity index (χ4n) is 4.87. The molecule has 0 saturated heterocycles. The van der Waals surface area contributed by atoms with Gasteiger partial charge in [-0.1, -0.05) is 55.7 Å². The maximum absolute atomic E-state index is 13.6. The van der Waals surface area contributed by atoms with Crippen LogP contribution >= 0.6 is 0 Å². The molecule has 3 aromatic rings. The van der Waals surface area contributed by atoms with Crippen molar-refractivity contribution in [3.63, 3.8) is 0 Å². The molecule has 0 amide bonds. The van der Waals surface area contributed by atoms with Gasteiger partial charge in [-0.2, -0.15) is 0 Å². The number of aromatic nitrogens is 4. The van der Waals surface area contributed by atoms with E-state index in [0.29, 0.717) is 6.04 Å². The zero-order valence-corrected chi connectivity index (χ0v) is 16.5. The van der Waals surface area contributed by atoms with Crippen LogP contribution in [-0.2, 0) is 13.0 Å². The van der Waals surface area contributed by atoms with Crippen molar-refractivity contribution >= 4 is 0 Å². The van der Waals surface area contributed by atoms with Crippen molar-refractivity contribution in [2.75, 3.05) is 6.54 Å². The van der Waals surface area contributed by atoms with Crippen LogP contribution < -0.4 is 0 Å². The normalized spacial score (nSPS) is 19.1. The summed E-state index contributed by atoms with van der Waals surface area (Å²) in [5.41, 5.74) is 3.80. The lowest BCUT2D eigenvalue weighted by molar-refractivity contribution is 0.187. The Kier molecular flexibility index (Phi) is 5.10. The lowest BCUT2D eigenvalue weighted by Crippen LogP contribution is -2.36. The molecule has 1 aliphatic carbocycles. The molecule has 1 aliphatic heterocycles. The Morgan fingerprint density at radius 2 is 1.69 bits per heavy atom. The lowest BCUT2D eigenvalue weighted by Gasteiger charge is -2.36. The first-order valence-electron chi connectivity index (χ1n) is 10.6. The average Bonchev–Trinajstić information content (AvgIpc) is 3.25. The van der Waals surface area contributed by atoms with Crippen LogP contribution in [0.2, 0.25) is 0 Å². The third-order valence-electron chi connectivity index (χ3n) is 6.39. The summed E-state index contributed by atoms with van der Waals surface area (Å²) >= 11 is 0. The minimum absolute atomic E-state index is 0.0825. The number of hydrogen-bond acceptors (Lipinski definition) is 4. The quantitative estimate of drug-likeness (QED) is 0.659. The zero-order chi connectivity index (χ0) is 19.6. The monoisotopic (exact) mass is 391 g/mol.